The molecular weight excluding hydrogens is 260 g/mol. The molecule has 0 aromatic rings. The summed E-state index contributed by atoms with van der Waals surface area (Å²) in [7, 11) is 0. The van der Waals surface area contributed by atoms with E-state index in [1.807, 2.05) is 16.7 Å². The number of nitrogens with zero attached hydrogens (tertiary/aromatic N) is 1. The molecule has 0 radical (unpaired) electrons. The maximum atomic E-state index is 12.5. The summed E-state index contributed by atoms with van der Waals surface area (Å²) in [5, 5.41) is 0. The molecule has 2 fully saturated rings. The summed E-state index contributed by atoms with van der Waals surface area (Å²) in [6, 6.07) is 0. The Balaban J connectivity index is 1.75. The van der Waals surface area contributed by atoms with Crippen LogP contribution < -0.4 is 5.73 Å². The van der Waals surface area contributed by atoms with Gasteiger partial charge in [-0.25, -0.2) is 0 Å². The Hall–Kier alpha value is -0.260. The molecule has 2 aliphatic rings. The van der Waals surface area contributed by atoms with Crippen molar-refractivity contribution in [3.8, 4) is 0 Å². The molecule has 2 rings (SSSR count). The molecule has 0 saturated carbocycles. The Morgan fingerprint density at radius 3 is 2.79 bits per heavy atom. The van der Waals surface area contributed by atoms with Crippen LogP contribution >= 0.6 is 11.8 Å². The molecule has 2 saturated heterocycles. The first kappa shape index (κ1) is 15.1. The molecule has 0 aromatic heterocycles. The van der Waals surface area contributed by atoms with E-state index in [1.54, 1.807) is 0 Å². The lowest BCUT2D eigenvalue weighted by molar-refractivity contribution is -0.136. The van der Waals surface area contributed by atoms with Crippen LogP contribution in [-0.4, -0.2) is 53.7 Å². The second-order valence-corrected chi connectivity index (χ2v) is 7.29. The Kier molecular flexibility index (Phi) is 5.54. The van der Waals surface area contributed by atoms with Crippen LogP contribution in [0.2, 0.25) is 0 Å². The average molecular weight is 286 g/mol. The molecule has 4 nitrogen and oxygen atoms in total. The zero-order valence-electron chi connectivity index (χ0n) is 11.9. The summed E-state index contributed by atoms with van der Waals surface area (Å²) in [6.45, 7) is 5.25. The fourth-order valence-electron chi connectivity index (χ4n) is 2.84. The predicted molar refractivity (Wildman–Crippen MR) is 79.3 cm³/mol. The largest absolute Gasteiger partial charge is 0.378 e. The van der Waals surface area contributed by atoms with Crippen LogP contribution in [0.4, 0.5) is 0 Å². The topological polar surface area (TPSA) is 55.6 Å². The lowest BCUT2D eigenvalue weighted by atomic mass is 10.0. The van der Waals surface area contributed by atoms with Crippen LogP contribution in [0.5, 0.6) is 0 Å². The van der Waals surface area contributed by atoms with Crippen molar-refractivity contribution in [2.75, 3.05) is 32.0 Å². The highest BCUT2D eigenvalue weighted by atomic mass is 32.2. The fourth-order valence-corrected chi connectivity index (χ4v) is 4.12. The average Bonchev–Trinajstić information content (AvgIpc) is 2.87. The number of ether oxygens (including phenoxy) is 1. The van der Waals surface area contributed by atoms with E-state index in [0.717, 1.165) is 51.1 Å². The number of piperidine rings is 1. The smallest absolute Gasteiger partial charge is 0.238 e. The molecule has 2 heterocycles. The number of rotatable bonds is 5. The second kappa shape index (κ2) is 6.95. The zero-order chi connectivity index (χ0) is 13.7. The van der Waals surface area contributed by atoms with E-state index >= 15 is 0 Å². The molecule has 1 amide bonds. The minimum atomic E-state index is -0.159. The summed E-state index contributed by atoms with van der Waals surface area (Å²) >= 11 is 1.83. The van der Waals surface area contributed by atoms with E-state index in [4.69, 9.17) is 10.5 Å². The summed E-state index contributed by atoms with van der Waals surface area (Å²) in [6.07, 6.45) is 5.39. The van der Waals surface area contributed by atoms with Crippen molar-refractivity contribution in [1.29, 1.82) is 0 Å². The van der Waals surface area contributed by atoms with E-state index in [1.165, 1.54) is 6.42 Å². The molecule has 2 aliphatic heterocycles. The molecule has 2 N–H and O–H groups in total. The van der Waals surface area contributed by atoms with Gasteiger partial charge in [0, 0.05) is 19.7 Å². The van der Waals surface area contributed by atoms with E-state index in [-0.39, 0.29) is 4.75 Å². The van der Waals surface area contributed by atoms with Gasteiger partial charge in [0.25, 0.3) is 0 Å². The molecule has 110 valence electrons. The van der Waals surface area contributed by atoms with Gasteiger partial charge in [-0.2, -0.15) is 0 Å². The molecule has 0 aliphatic carbocycles. The van der Waals surface area contributed by atoms with Crippen LogP contribution in [0.3, 0.4) is 0 Å². The number of amides is 1. The Morgan fingerprint density at radius 1 is 1.47 bits per heavy atom. The van der Waals surface area contributed by atoms with Gasteiger partial charge in [-0.3, -0.25) is 4.79 Å². The van der Waals surface area contributed by atoms with E-state index in [2.05, 4.69) is 6.92 Å². The van der Waals surface area contributed by atoms with Crippen molar-refractivity contribution in [3.05, 3.63) is 0 Å². The normalized spacial score (nSPS) is 28.8. The van der Waals surface area contributed by atoms with Crippen LogP contribution in [0.25, 0.3) is 0 Å². The molecule has 1 atom stereocenters. The third kappa shape index (κ3) is 3.86. The van der Waals surface area contributed by atoms with Crippen molar-refractivity contribution in [3.63, 3.8) is 0 Å². The van der Waals surface area contributed by atoms with Crippen molar-refractivity contribution in [2.45, 2.75) is 49.9 Å². The van der Waals surface area contributed by atoms with Crippen LogP contribution in [0.1, 0.15) is 39.0 Å². The van der Waals surface area contributed by atoms with Crippen molar-refractivity contribution in [2.24, 2.45) is 5.73 Å². The van der Waals surface area contributed by atoms with Crippen LogP contribution in [0.15, 0.2) is 0 Å². The first-order valence-electron chi connectivity index (χ1n) is 7.41. The van der Waals surface area contributed by atoms with Gasteiger partial charge >= 0.3 is 0 Å². The van der Waals surface area contributed by atoms with E-state index in [9.17, 15) is 4.79 Å². The standard InChI is InChI=1S/C14H26N2O2S/c1-14(6-2-11-19-14)13(17)16-8-4-12(5-9-16)18-10-3-7-15/h12H,2-11,15H2,1H3. The van der Waals surface area contributed by atoms with Crippen molar-refractivity contribution in [1.82, 2.24) is 4.90 Å². The third-order valence-corrected chi connectivity index (χ3v) is 5.61. The van der Waals surface area contributed by atoms with Gasteiger partial charge < -0.3 is 15.4 Å². The Labute approximate surface area is 120 Å². The lowest BCUT2D eigenvalue weighted by Crippen LogP contribution is -2.48. The van der Waals surface area contributed by atoms with Gasteiger partial charge in [0.2, 0.25) is 5.91 Å². The Bertz CT molecular complexity index is 298. The quantitative estimate of drug-likeness (QED) is 0.781. The van der Waals surface area contributed by atoms with Gasteiger partial charge in [-0.1, -0.05) is 0 Å². The number of carbonyl (C=O) groups excluding carboxylic acids is 1. The summed E-state index contributed by atoms with van der Waals surface area (Å²) < 4.78 is 5.62. The monoisotopic (exact) mass is 286 g/mol. The Morgan fingerprint density at radius 2 is 2.21 bits per heavy atom. The van der Waals surface area contributed by atoms with Crippen molar-refractivity contribution >= 4 is 17.7 Å². The highest BCUT2D eigenvalue weighted by molar-refractivity contribution is 8.01. The minimum Gasteiger partial charge on any atom is -0.378 e. The number of hydrogen-bond acceptors (Lipinski definition) is 4. The summed E-state index contributed by atoms with van der Waals surface area (Å²) in [5.74, 6) is 1.47. The highest BCUT2D eigenvalue weighted by Crippen LogP contribution is 2.39. The first-order chi connectivity index (χ1) is 9.15. The number of nitrogens with two attached hydrogens (primary N) is 1. The van der Waals surface area contributed by atoms with Crippen molar-refractivity contribution < 1.29 is 9.53 Å². The maximum absolute atomic E-state index is 12.5. The third-order valence-electron chi connectivity index (χ3n) is 4.10. The molecule has 0 aromatic carbocycles. The predicted octanol–water partition coefficient (Wildman–Crippen LogP) is 1.63. The first-order valence-corrected chi connectivity index (χ1v) is 8.39. The highest BCUT2D eigenvalue weighted by Gasteiger charge is 2.40. The molecular formula is C14H26N2O2S. The van der Waals surface area contributed by atoms with Crippen LogP contribution in [-0.2, 0) is 9.53 Å². The van der Waals surface area contributed by atoms with Crippen LogP contribution in [0, 0.1) is 0 Å². The zero-order valence-corrected chi connectivity index (χ0v) is 12.7. The maximum Gasteiger partial charge on any atom is 0.238 e. The molecule has 0 spiro atoms. The fraction of sp³-hybridized carbons (Fsp3) is 0.929. The molecule has 5 heteroatoms. The number of hydrogen-bond donors (Lipinski definition) is 1. The van der Waals surface area contributed by atoms with Gasteiger partial charge in [0.15, 0.2) is 0 Å². The van der Waals surface area contributed by atoms with Gasteiger partial charge in [-0.05, 0) is 51.3 Å². The van der Waals surface area contributed by atoms with Gasteiger partial charge in [0.05, 0.1) is 10.9 Å². The molecule has 1 unspecified atom stereocenters. The molecule has 19 heavy (non-hydrogen) atoms. The summed E-state index contributed by atoms with van der Waals surface area (Å²) in [4.78, 5) is 14.6. The number of likely N-dealkylation sites (tertiary alicyclic amines) is 1. The lowest BCUT2D eigenvalue weighted by Gasteiger charge is -2.36. The second-order valence-electron chi connectivity index (χ2n) is 5.69. The molecule has 0 bridgehead atoms. The SMILES string of the molecule is CC1(C(=O)N2CCC(OCCCN)CC2)CCCS1. The van der Waals surface area contributed by atoms with E-state index in [0.29, 0.717) is 18.6 Å². The summed E-state index contributed by atoms with van der Waals surface area (Å²) in [5.41, 5.74) is 5.46. The van der Waals surface area contributed by atoms with Gasteiger partial charge in [0.1, 0.15) is 0 Å². The minimum absolute atomic E-state index is 0.159. The van der Waals surface area contributed by atoms with E-state index < -0.39 is 0 Å². The van der Waals surface area contributed by atoms with Gasteiger partial charge in [-0.15, -0.1) is 11.8 Å². The number of carbonyl (C=O) groups is 1. The number of thioether (sulfide) groups is 1.